The molecule has 7 nitrogen and oxygen atoms in total. The Morgan fingerprint density at radius 1 is 1.14 bits per heavy atom. The number of benzene rings is 1. The first-order chi connectivity index (χ1) is 13.1. The molecule has 0 aromatic heterocycles. The molecule has 0 saturated carbocycles. The lowest BCUT2D eigenvalue weighted by Crippen LogP contribution is -2.59. The number of rotatable bonds is 7. The van der Waals surface area contributed by atoms with Crippen molar-refractivity contribution < 1.29 is 14.7 Å². The molecule has 1 unspecified atom stereocenters. The molecule has 164 valence electrons. The van der Waals surface area contributed by atoms with Gasteiger partial charge in [0.15, 0.2) is 5.60 Å². The van der Waals surface area contributed by atoms with Crippen LogP contribution in [0.15, 0.2) is 30.3 Å². The van der Waals surface area contributed by atoms with E-state index in [1.165, 1.54) is 5.56 Å². The lowest BCUT2D eigenvalue weighted by molar-refractivity contribution is -0.156. The van der Waals surface area contributed by atoms with Crippen LogP contribution in [0.3, 0.4) is 0 Å². The van der Waals surface area contributed by atoms with E-state index >= 15 is 0 Å². The van der Waals surface area contributed by atoms with Crippen molar-refractivity contribution in [1.82, 2.24) is 20.4 Å². The lowest BCUT2D eigenvalue weighted by atomic mass is 9.91. The van der Waals surface area contributed by atoms with Crippen LogP contribution in [-0.4, -0.2) is 84.7 Å². The van der Waals surface area contributed by atoms with Gasteiger partial charge in [-0.15, -0.1) is 24.8 Å². The van der Waals surface area contributed by atoms with Crippen LogP contribution >= 0.6 is 24.8 Å². The summed E-state index contributed by atoms with van der Waals surface area (Å²) in [6, 6.07) is 10.0. The average molecular weight is 447 g/mol. The summed E-state index contributed by atoms with van der Waals surface area (Å²) in [7, 11) is 0. The Balaban J connectivity index is 0.00000210. The van der Waals surface area contributed by atoms with Gasteiger partial charge < -0.3 is 25.5 Å². The number of piperidine rings is 1. The van der Waals surface area contributed by atoms with Gasteiger partial charge in [0.1, 0.15) is 0 Å². The molecule has 0 bridgehead atoms. The van der Waals surface area contributed by atoms with E-state index in [0.717, 1.165) is 25.9 Å². The highest BCUT2D eigenvalue weighted by atomic mass is 35.5. The summed E-state index contributed by atoms with van der Waals surface area (Å²) >= 11 is 0. The fourth-order valence-electron chi connectivity index (χ4n) is 3.75. The highest BCUT2D eigenvalue weighted by Crippen LogP contribution is 2.22. The molecule has 2 aliphatic rings. The normalized spacial score (nSPS) is 21.9. The number of hydrogen-bond acceptors (Lipinski definition) is 5. The quantitative estimate of drug-likeness (QED) is 0.565. The molecule has 2 aliphatic heterocycles. The SMILES string of the molecule is Cl.Cl.O=C(CNCC1(O)CCCN(CCc2ccccc2)C1=O)N1CCNCC1. The van der Waals surface area contributed by atoms with E-state index in [0.29, 0.717) is 32.6 Å². The molecule has 3 rings (SSSR count). The molecule has 0 aliphatic carbocycles. The molecule has 1 atom stereocenters. The fourth-order valence-corrected chi connectivity index (χ4v) is 3.75. The van der Waals surface area contributed by atoms with Crippen molar-refractivity contribution in [2.75, 3.05) is 52.4 Å². The Hall–Kier alpha value is -1.38. The first-order valence-corrected chi connectivity index (χ1v) is 9.83. The summed E-state index contributed by atoms with van der Waals surface area (Å²) in [5.74, 6) is -0.212. The van der Waals surface area contributed by atoms with Crippen molar-refractivity contribution in [3.8, 4) is 0 Å². The van der Waals surface area contributed by atoms with Crippen LogP contribution in [0.5, 0.6) is 0 Å². The van der Waals surface area contributed by atoms with Crippen LogP contribution in [0.2, 0.25) is 0 Å². The van der Waals surface area contributed by atoms with Gasteiger partial charge in [0, 0.05) is 45.8 Å². The van der Waals surface area contributed by atoms with Crippen molar-refractivity contribution in [3.05, 3.63) is 35.9 Å². The highest BCUT2D eigenvalue weighted by molar-refractivity contribution is 5.86. The standard InChI is InChI=1S/C20H30N4O3.2ClH/c25-18(23-13-9-21-10-14-23)15-22-16-20(27)8-4-11-24(19(20)26)12-7-17-5-2-1-3-6-17;;/h1-3,5-6,21-22,27H,4,7-16H2;2*1H. The van der Waals surface area contributed by atoms with Gasteiger partial charge in [-0.1, -0.05) is 30.3 Å². The summed E-state index contributed by atoms with van der Waals surface area (Å²) < 4.78 is 0. The van der Waals surface area contributed by atoms with Crippen molar-refractivity contribution >= 4 is 36.6 Å². The third kappa shape index (κ3) is 7.12. The Morgan fingerprint density at radius 3 is 2.52 bits per heavy atom. The van der Waals surface area contributed by atoms with Gasteiger partial charge >= 0.3 is 0 Å². The Kier molecular flexibility index (Phi) is 10.9. The summed E-state index contributed by atoms with van der Waals surface area (Å²) in [6.45, 7) is 4.58. The minimum atomic E-state index is -1.42. The predicted molar refractivity (Wildman–Crippen MR) is 118 cm³/mol. The molecule has 3 N–H and O–H groups in total. The number of hydrogen-bond donors (Lipinski definition) is 3. The Morgan fingerprint density at radius 2 is 1.83 bits per heavy atom. The predicted octanol–water partition coefficient (Wildman–Crippen LogP) is 0.448. The average Bonchev–Trinajstić information content (AvgIpc) is 2.70. The van der Waals surface area contributed by atoms with Crippen molar-refractivity contribution in [2.24, 2.45) is 0 Å². The molecular weight excluding hydrogens is 415 g/mol. The second-order valence-corrected chi connectivity index (χ2v) is 7.40. The smallest absolute Gasteiger partial charge is 0.255 e. The first-order valence-electron chi connectivity index (χ1n) is 9.83. The summed E-state index contributed by atoms with van der Waals surface area (Å²) in [6.07, 6.45) is 1.98. The maximum absolute atomic E-state index is 12.8. The van der Waals surface area contributed by atoms with Crippen LogP contribution in [0.1, 0.15) is 18.4 Å². The van der Waals surface area contributed by atoms with Gasteiger partial charge in [-0.05, 0) is 24.8 Å². The minimum absolute atomic E-state index is 0. The molecule has 0 spiro atoms. The van der Waals surface area contributed by atoms with Gasteiger partial charge in [0.2, 0.25) is 5.91 Å². The van der Waals surface area contributed by atoms with Crippen LogP contribution in [-0.2, 0) is 16.0 Å². The Labute approximate surface area is 185 Å². The number of nitrogens with one attached hydrogen (secondary N) is 2. The van der Waals surface area contributed by atoms with E-state index < -0.39 is 5.60 Å². The summed E-state index contributed by atoms with van der Waals surface area (Å²) in [5, 5.41) is 17.1. The Bertz CT molecular complexity index is 644. The maximum Gasteiger partial charge on any atom is 0.255 e. The topological polar surface area (TPSA) is 84.9 Å². The zero-order valence-electron chi connectivity index (χ0n) is 16.6. The van der Waals surface area contributed by atoms with Crippen molar-refractivity contribution in [3.63, 3.8) is 0 Å². The van der Waals surface area contributed by atoms with E-state index in [2.05, 4.69) is 10.6 Å². The summed E-state index contributed by atoms with van der Waals surface area (Å²) in [5.41, 5.74) is -0.238. The monoisotopic (exact) mass is 446 g/mol. The summed E-state index contributed by atoms with van der Waals surface area (Å²) in [4.78, 5) is 28.5. The van der Waals surface area contributed by atoms with E-state index in [4.69, 9.17) is 0 Å². The molecule has 2 fully saturated rings. The van der Waals surface area contributed by atoms with Gasteiger partial charge in [-0.3, -0.25) is 9.59 Å². The van der Waals surface area contributed by atoms with Gasteiger partial charge in [0.05, 0.1) is 6.54 Å². The largest absolute Gasteiger partial charge is 0.379 e. The van der Waals surface area contributed by atoms with Crippen molar-refractivity contribution in [2.45, 2.75) is 24.9 Å². The van der Waals surface area contributed by atoms with E-state index in [-0.39, 0.29) is 49.7 Å². The molecule has 29 heavy (non-hydrogen) atoms. The van der Waals surface area contributed by atoms with Crippen LogP contribution in [0, 0.1) is 0 Å². The minimum Gasteiger partial charge on any atom is -0.379 e. The molecular formula is C20H32Cl2N4O3. The number of halogens is 2. The molecule has 1 aromatic carbocycles. The number of piperazine rings is 1. The number of nitrogens with zero attached hydrogens (tertiary/aromatic N) is 2. The number of carbonyl (C=O) groups excluding carboxylic acids is 2. The second-order valence-electron chi connectivity index (χ2n) is 7.40. The lowest BCUT2D eigenvalue weighted by Gasteiger charge is -2.38. The van der Waals surface area contributed by atoms with E-state index in [1.54, 1.807) is 4.90 Å². The molecule has 2 amide bonds. The van der Waals surface area contributed by atoms with Crippen LogP contribution < -0.4 is 10.6 Å². The molecule has 2 heterocycles. The van der Waals surface area contributed by atoms with Gasteiger partial charge in [-0.25, -0.2) is 0 Å². The zero-order chi connectivity index (χ0) is 19.1. The first kappa shape index (κ1) is 25.7. The van der Waals surface area contributed by atoms with Gasteiger partial charge in [-0.2, -0.15) is 0 Å². The zero-order valence-corrected chi connectivity index (χ0v) is 18.3. The number of likely N-dealkylation sites (tertiary alicyclic amines) is 1. The molecule has 2 saturated heterocycles. The second kappa shape index (κ2) is 12.3. The van der Waals surface area contributed by atoms with E-state index in [1.807, 2.05) is 35.2 Å². The van der Waals surface area contributed by atoms with Crippen LogP contribution in [0.25, 0.3) is 0 Å². The molecule has 9 heteroatoms. The van der Waals surface area contributed by atoms with Crippen molar-refractivity contribution in [1.29, 1.82) is 0 Å². The number of carbonyl (C=O) groups is 2. The maximum atomic E-state index is 12.8. The number of amides is 2. The molecule has 1 aromatic rings. The van der Waals surface area contributed by atoms with E-state index in [9.17, 15) is 14.7 Å². The van der Waals surface area contributed by atoms with Gasteiger partial charge in [0.25, 0.3) is 5.91 Å². The van der Waals surface area contributed by atoms with Crippen LogP contribution in [0.4, 0.5) is 0 Å². The third-order valence-corrected chi connectivity index (χ3v) is 5.38. The highest BCUT2D eigenvalue weighted by Gasteiger charge is 2.41. The molecule has 0 radical (unpaired) electrons. The third-order valence-electron chi connectivity index (χ3n) is 5.38. The fraction of sp³-hybridized carbons (Fsp3) is 0.600. The number of aliphatic hydroxyl groups is 1.